The number of benzene rings is 4. The van der Waals surface area contributed by atoms with Crippen molar-refractivity contribution < 1.29 is 9.18 Å². The van der Waals surface area contributed by atoms with Gasteiger partial charge in [-0.2, -0.15) is 0 Å². The van der Waals surface area contributed by atoms with Gasteiger partial charge in [-0.3, -0.25) is 4.79 Å². The molecule has 0 aromatic heterocycles. The summed E-state index contributed by atoms with van der Waals surface area (Å²) in [5, 5.41) is 2.25. The summed E-state index contributed by atoms with van der Waals surface area (Å²) in [5.74, 6) is -0.421. The van der Waals surface area contributed by atoms with Crippen LogP contribution >= 0.6 is 0 Å². The van der Waals surface area contributed by atoms with Crippen LogP contribution in [0.3, 0.4) is 0 Å². The molecule has 0 aliphatic heterocycles. The molecule has 0 radical (unpaired) electrons. The summed E-state index contributed by atoms with van der Waals surface area (Å²) in [6.45, 7) is 0. The molecule has 0 N–H and O–H groups in total. The van der Waals surface area contributed by atoms with Crippen LogP contribution in [0.25, 0.3) is 33.0 Å². The molecule has 0 atom stereocenters. The molecule has 0 unspecified atom stereocenters. The summed E-state index contributed by atoms with van der Waals surface area (Å²) >= 11 is 0. The molecule has 0 bridgehead atoms. The van der Waals surface area contributed by atoms with Crippen molar-refractivity contribution in [3.8, 4) is 22.3 Å². The highest BCUT2D eigenvalue weighted by Gasteiger charge is 2.26. The van der Waals surface area contributed by atoms with E-state index < -0.39 is 0 Å². The fraction of sp³-hybridized carbons (Fsp3) is 0. The van der Waals surface area contributed by atoms with E-state index in [-0.39, 0.29) is 11.6 Å². The molecule has 118 valence electrons. The van der Waals surface area contributed by atoms with E-state index in [1.165, 1.54) is 12.1 Å². The minimum Gasteiger partial charge on any atom is -0.289 e. The fourth-order valence-corrected chi connectivity index (χ4v) is 3.77. The van der Waals surface area contributed by atoms with Crippen LogP contribution in [0.2, 0.25) is 0 Å². The van der Waals surface area contributed by atoms with Gasteiger partial charge in [0.05, 0.1) is 0 Å². The molecule has 0 heterocycles. The van der Waals surface area contributed by atoms with Crippen LogP contribution in [0.5, 0.6) is 0 Å². The van der Waals surface area contributed by atoms with E-state index in [0.717, 1.165) is 33.0 Å². The Hall–Kier alpha value is -3.26. The minimum atomic E-state index is -0.341. The van der Waals surface area contributed by atoms with Gasteiger partial charge in [0.2, 0.25) is 0 Å². The third-order valence-electron chi connectivity index (χ3n) is 4.88. The van der Waals surface area contributed by atoms with Gasteiger partial charge in [0.1, 0.15) is 5.82 Å². The second kappa shape index (κ2) is 5.12. The van der Waals surface area contributed by atoms with Gasteiger partial charge in [0.15, 0.2) is 5.78 Å². The van der Waals surface area contributed by atoms with Crippen LogP contribution in [-0.4, -0.2) is 5.78 Å². The normalized spacial score (nSPS) is 11.6. The van der Waals surface area contributed by atoms with Gasteiger partial charge in [-0.25, -0.2) is 4.39 Å². The van der Waals surface area contributed by atoms with E-state index in [0.29, 0.717) is 11.1 Å². The Kier molecular flexibility index (Phi) is 2.89. The number of rotatable bonds is 2. The van der Waals surface area contributed by atoms with Gasteiger partial charge in [-0.15, -0.1) is 0 Å². The maximum absolute atomic E-state index is 13.2. The smallest absolute Gasteiger partial charge is 0.193 e. The van der Waals surface area contributed by atoms with Gasteiger partial charge in [-0.1, -0.05) is 48.5 Å². The van der Waals surface area contributed by atoms with E-state index >= 15 is 0 Å². The molecule has 25 heavy (non-hydrogen) atoms. The fourth-order valence-electron chi connectivity index (χ4n) is 3.77. The summed E-state index contributed by atoms with van der Waals surface area (Å²) in [7, 11) is 0. The van der Waals surface area contributed by atoms with Gasteiger partial charge >= 0.3 is 0 Å². The second-order valence-corrected chi connectivity index (χ2v) is 6.27. The van der Waals surface area contributed by atoms with E-state index in [1.54, 1.807) is 12.1 Å². The molecule has 0 spiro atoms. The Bertz CT molecular complexity index is 1160. The lowest BCUT2D eigenvalue weighted by Gasteiger charge is -2.09. The molecule has 2 heteroatoms. The Morgan fingerprint density at radius 1 is 0.680 bits per heavy atom. The standard InChI is InChI=1S/C23H13FO/c24-16-11-8-15(9-12-16)23(25)20-13-10-14-4-3-7-18-17-5-1-2-6-19(17)22(20)21(14)18/h1-13H. The number of halogens is 1. The summed E-state index contributed by atoms with van der Waals surface area (Å²) < 4.78 is 13.2. The van der Waals surface area contributed by atoms with Gasteiger partial charge in [-0.05, 0) is 57.8 Å². The molecule has 0 saturated carbocycles. The van der Waals surface area contributed by atoms with Crippen molar-refractivity contribution >= 4 is 16.6 Å². The highest BCUT2D eigenvalue weighted by atomic mass is 19.1. The van der Waals surface area contributed by atoms with E-state index in [1.807, 2.05) is 30.3 Å². The Morgan fingerprint density at radius 3 is 2.20 bits per heavy atom. The number of fused-ring (bicyclic) bond motifs is 3. The Morgan fingerprint density at radius 2 is 1.40 bits per heavy atom. The van der Waals surface area contributed by atoms with Gasteiger partial charge in [0, 0.05) is 16.7 Å². The molecule has 4 aromatic rings. The first-order valence-corrected chi connectivity index (χ1v) is 8.20. The molecular formula is C23H13FO. The molecule has 1 aliphatic carbocycles. The van der Waals surface area contributed by atoms with Crippen LogP contribution in [0.4, 0.5) is 4.39 Å². The quantitative estimate of drug-likeness (QED) is 0.372. The zero-order valence-electron chi connectivity index (χ0n) is 13.3. The predicted molar refractivity (Wildman–Crippen MR) is 98.2 cm³/mol. The van der Waals surface area contributed by atoms with Gasteiger partial charge in [0.25, 0.3) is 0 Å². The number of carbonyl (C=O) groups is 1. The van der Waals surface area contributed by atoms with E-state index in [9.17, 15) is 9.18 Å². The third kappa shape index (κ3) is 1.97. The topological polar surface area (TPSA) is 17.1 Å². The summed E-state index contributed by atoms with van der Waals surface area (Å²) in [6, 6.07) is 24.0. The van der Waals surface area contributed by atoms with Crippen molar-refractivity contribution in [1.29, 1.82) is 0 Å². The first-order valence-electron chi connectivity index (χ1n) is 8.20. The Balaban J connectivity index is 1.82. The lowest BCUT2D eigenvalue weighted by molar-refractivity contribution is 0.103. The molecule has 4 aromatic carbocycles. The number of hydrogen-bond donors (Lipinski definition) is 0. The third-order valence-corrected chi connectivity index (χ3v) is 4.88. The lowest BCUT2D eigenvalue weighted by atomic mass is 9.92. The van der Waals surface area contributed by atoms with Crippen LogP contribution in [0, 0.1) is 5.82 Å². The van der Waals surface area contributed by atoms with Crippen molar-refractivity contribution in [1.82, 2.24) is 0 Å². The van der Waals surface area contributed by atoms with Crippen molar-refractivity contribution in [2.45, 2.75) is 0 Å². The molecular weight excluding hydrogens is 311 g/mol. The van der Waals surface area contributed by atoms with Crippen LogP contribution < -0.4 is 0 Å². The first-order chi connectivity index (χ1) is 12.2. The van der Waals surface area contributed by atoms with Crippen molar-refractivity contribution in [2.24, 2.45) is 0 Å². The second-order valence-electron chi connectivity index (χ2n) is 6.27. The summed E-state index contributed by atoms with van der Waals surface area (Å²) in [5.41, 5.74) is 5.55. The summed E-state index contributed by atoms with van der Waals surface area (Å²) in [4.78, 5) is 13.1. The van der Waals surface area contributed by atoms with Gasteiger partial charge < -0.3 is 0 Å². The maximum Gasteiger partial charge on any atom is 0.193 e. The van der Waals surface area contributed by atoms with Crippen molar-refractivity contribution in [3.05, 3.63) is 95.8 Å². The molecule has 1 nitrogen and oxygen atoms in total. The number of hydrogen-bond acceptors (Lipinski definition) is 1. The Labute approximate surface area is 144 Å². The van der Waals surface area contributed by atoms with Crippen LogP contribution in [0.1, 0.15) is 15.9 Å². The highest BCUT2D eigenvalue weighted by Crippen LogP contribution is 2.48. The largest absolute Gasteiger partial charge is 0.289 e. The minimum absolute atomic E-state index is 0.0802. The highest BCUT2D eigenvalue weighted by molar-refractivity contribution is 6.23. The van der Waals surface area contributed by atoms with Crippen molar-refractivity contribution in [2.75, 3.05) is 0 Å². The van der Waals surface area contributed by atoms with Crippen LogP contribution in [0.15, 0.2) is 78.9 Å². The number of carbonyl (C=O) groups excluding carboxylic acids is 1. The van der Waals surface area contributed by atoms with E-state index in [4.69, 9.17) is 0 Å². The average molecular weight is 324 g/mol. The number of ketones is 1. The molecule has 1 aliphatic rings. The molecule has 0 fully saturated rings. The molecule has 5 rings (SSSR count). The van der Waals surface area contributed by atoms with Crippen LogP contribution in [-0.2, 0) is 0 Å². The monoisotopic (exact) mass is 324 g/mol. The summed E-state index contributed by atoms with van der Waals surface area (Å²) in [6.07, 6.45) is 0. The molecule has 0 amide bonds. The lowest BCUT2D eigenvalue weighted by Crippen LogP contribution is -2.03. The first kappa shape index (κ1) is 14.1. The maximum atomic E-state index is 13.2. The predicted octanol–water partition coefficient (Wildman–Crippen LogP) is 5.86. The zero-order chi connectivity index (χ0) is 17.0. The van der Waals surface area contributed by atoms with Crippen molar-refractivity contribution in [3.63, 3.8) is 0 Å². The SMILES string of the molecule is O=C(c1ccc(F)cc1)c1ccc2cccc3c2c1-c1ccccc1-3. The molecule has 0 saturated heterocycles. The zero-order valence-corrected chi connectivity index (χ0v) is 13.3. The average Bonchev–Trinajstić information content (AvgIpc) is 2.99. The van der Waals surface area contributed by atoms with E-state index in [2.05, 4.69) is 24.3 Å².